The van der Waals surface area contributed by atoms with Crippen LogP contribution in [0.25, 0.3) is 0 Å². The van der Waals surface area contributed by atoms with Crippen LogP contribution in [0.15, 0.2) is 53.4 Å². The van der Waals surface area contributed by atoms with Gasteiger partial charge in [-0.2, -0.15) is 0 Å². The summed E-state index contributed by atoms with van der Waals surface area (Å²) in [5, 5.41) is 2.98. The molecule has 6 heteroatoms. The number of nitrogens with one attached hydrogen (secondary N) is 1. The molecule has 1 aliphatic rings. The molecule has 136 valence electrons. The molecule has 2 aromatic rings. The van der Waals surface area contributed by atoms with Gasteiger partial charge in [0.05, 0.1) is 18.0 Å². The van der Waals surface area contributed by atoms with E-state index in [9.17, 15) is 9.59 Å². The summed E-state index contributed by atoms with van der Waals surface area (Å²) in [7, 11) is 0. The average molecular weight is 369 g/mol. The van der Waals surface area contributed by atoms with E-state index in [0.717, 1.165) is 23.4 Å². The summed E-state index contributed by atoms with van der Waals surface area (Å²) < 4.78 is 0. The van der Waals surface area contributed by atoms with Gasteiger partial charge < -0.3 is 16.0 Å². The summed E-state index contributed by atoms with van der Waals surface area (Å²) in [6.45, 7) is 2.45. The lowest BCUT2D eigenvalue weighted by atomic mass is 9.96. The zero-order chi connectivity index (χ0) is 18.5. The lowest BCUT2D eigenvalue weighted by Gasteiger charge is -2.36. The molecule has 0 bridgehead atoms. The number of nitrogens with zero attached hydrogens (tertiary/aromatic N) is 1. The smallest absolute Gasteiger partial charge is 0.243 e. The Hall–Kier alpha value is -2.47. The highest BCUT2D eigenvalue weighted by Crippen LogP contribution is 2.31. The van der Waals surface area contributed by atoms with Gasteiger partial charge >= 0.3 is 0 Å². The Balaban J connectivity index is 1.71. The van der Waals surface area contributed by atoms with Gasteiger partial charge in [-0.15, -0.1) is 11.8 Å². The normalized spacial score (nSPS) is 16.0. The number of para-hydroxylation sites is 2. The zero-order valence-corrected chi connectivity index (χ0v) is 15.6. The number of nitrogens with two attached hydrogens (primary N) is 1. The van der Waals surface area contributed by atoms with Crippen LogP contribution in [0.3, 0.4) is 0 Å². The second-order valence-electron chi connectivity index (χ2n) is 6.44. The van der Waals surface area contributed by atoms with Gasteiger partial charge in [0.1, 0.15) is 0 Å². The number of hydrogen-bond donors (Lipinski definition) is 2. The number of anilines is 2. The van der Waals surface area contributed by atoms with Crippen molar-refractivity contribution in [1.82, 2.24) is 0 Å². The van der Waals surface area contributed by atoms with Gasteiger partial charge in [0.2, 0.25) is 11.8 Å². The molecule has 3 N–H and O–H groups in total. The molecule has 0 aliphatic carbocycles. The minimum absolute atomic E-state index is 0.0688. The molecule has 2 aromatic carbocycles. The van der Waals surface area contributed by atoms with Gasteiger partial charge in [-0.1, -0.05) is 30.3 Å². The first kappa shape index (κ1) is 18.3. The average Bonchev–Trinajstić information content (AvgIpc) is 2.63. The highest BCUT2D eigenvalue weighted by molar-refractivity contribution is 8.00. The SMILES string of the molecule is C[C@H]1CCc2ccccc2N1CC(=O)Nc1ccccc1SCC(N)=O. The highest BCUT2D eigenvalue weighted by atomic mass is 32.2. The van der Waals surface area contributed by atoms with Crippen LogP contribution in [0.2, 0.25) is 0 Å². The van der Waals surface area contributed by atoms with E-state index in [1.165, 1.54) is 17.3 Å². The summed E-state index contributed by atoms with van der Waals surface area (Å²) in [6.07, 6.45) is 2.08. The molecule has 1 heterocycles. The Morgan fingerprint density at radius 2 is 1.92 bits per heavy atom. The largest absolute Gasteiger partial charge is 0.369 e. The Morgan fingerprint density at radius 3 is 2.73 bits per heavy atom. The Morgan fingerprint density at radius 1 is 1.19 bits per heavy atom. The number of amides is 2. The Labute approximate surface area is 157 Å². The van der Waals surface area contributed by atoms with E-state index in [1.54, 1.807) is 0 Å². The molecule has 3 rings (SSSR count). The summed E-state index contributed by atoms with van der Waals surface area (Å²) >= 11 is 1.33. The van der Waals surface area contributed by atoms with E-state index in [1.807, 2.05) is 36.4 Å². The van der Waals surface area contributed by atoms with Crippen LogP contribution in [0.1, 0.15) is 18.9 Å². The summed E-state index contributed by atoms with van der Waals surface area (Å²) in [6, 6.07) is 16.0. The molecule has 1 aliphatic heterocycles. The fourth-order valence-electron chi connectivity index (χ4n) is 3.19. The number of hydrogen-bond acceptors (Lipinski definition) is 4. The van der Waals surface area contributed by atoms with E-state index >= 15 is 0 Å². The van der Waals surface area contributed by atoms with Crippen molar-refractivity contribution >= 4 is 35.0 Å². The van der Waals surface area contributed by atoms with Crippen molar-refractivity contribution in [2.24, 2.45) is 5.73 Å². The van der Waals surface area contributed by atoms with Gasteiger partial charge in [0.25, 0.3) is 0 Å². The summed E-state index contributed by atoms with van der Waals surface area (Å²) in [5.41, 5.74) is 8.36. The minimum atomic E-state index is -0.380. The van der Waals surface area contributed by atoms with Crippen LogP contribution in [0.5, 0.6) is 0 Å². The monoisotopic (exact) mass is 369 g/mol. The lowest BCUT2D eigenvalue weighted by molar-refractivity contribution is -0.116. The van der Waals surface area contributed by atoms with Crippen molar-refractivity contribution < 1.29 is 9.59 Å². The third-order valence-corrected chi connectivity index (χ3v) is 5.61. The van der Waals surface area contributed by atoms with Crippen molar-refractivity contribution in [3.63, 3.8) is 0 Å². The fraction of sp³-hybridized carbons (Fsp3) is 0.300. The maximum Gasteiger partial charge on any atom is 0.243 e. The van der Waals surface area contributed by atoms with Crippen LogP contribution in [-0.4, -0.2) is 30.2 Å². The van der Waals surface area contributed by atoms with Gasteiger partial charge in [0, 0.05) is 16.6 Å². The number of rotatable bonds is 6. The molecule has 2 amide bonds. The Bertz CT molecular complexity index is 809. The van der Waals surface area contributed by atoms with E-state index < -0.39 is 0 Å². The number of carbonyl (C=O) groups is 2. The van der Waals surface area contributed by atoms with Crippen LogP contribution < -0.4 is 16.0 Å². The molecule has 0 aromatic heterocycles. The van der Waals surface area contributed by atoms with E-state index in [4.69, 9.17) is 5.73 Å². The third-order valence-electron chi connectivity index (χ3n) is 4.51. The number of primary amides is 1. The van der Waals surface area contributed by atoms with Crippen LogP contribution in [0.4, 0.5) is 11.4 Å². The van der Waals surface area contributed by atoms with Gasteiger partial charge in [0.15, 0.2) is 0 Å². The van der Waals surface area contributed by atoms with Crippen molar-refractivity contribution in [2.75, 3.05) is 22.5 Å². The maximum atomic E-state index is 12.7. The van der Waals surface area contributed by atoms with Crippen molar-refractivity contribution in [1.29, 1.82) is 0 Å². The fourth-order valence-corrected chi connectivity index (χ4v) is 3.94. The summed E-state index contributed by atoms with van der Waals surface area (Å²) in [5.74, 6) is -0.265. The maximum absolute atomic E-state index is 12.7. The minimum Gasteiger partial charge on any atom is -0.369 e. The van der Waals surface area contributed by atoms with Gasteiger partial charge in [-0.25, -0.2) is 0 Å². The predicted octanol–water partition coefficient (Wildman–Crippen LogP) is 3.04. The molecule has 1 atom stereocenters. The molecule has 0 saturated heterocycles. The standard InChI is InChI=1S/C20H23N3O2S/c1-14-10-11-15-6-2-4-8-17(15)23(14)12-20(25)22-16-7-3-5-9-18(16)26-13-19(21)24/h2-9,14H,10-13H2,1H3,(H2,21,24)(H,22,25)/t14-/m0/s1. The third kappa shape index (κ3) is 4.38. The number of fused-ring (bicyclic) bond motifs is 1. The van der Waals surface area contributed by atoms with Crippen molar-refractivity contribution in [3.05, 3.63) is 54.1 Å². The van der Waals surface area contributed by atoms with E-state index in [0.29, 0.717) is 18.3 Å². The predicted molar refractivity (Wildman–Crippen MR) is 107 cm³/mol. The van der Waals surface area contributed by atoms with Gasteiger partial charge in [-0.05, 0) is 43.5 Å². The number of thioether (sulfide) groups is 1. The van der Waals surface area contributed by atoms with E-state index in [2.05, 4.69) is 29.3 Å². The van der Waals surface area contributed by atoms with Gasteiger partial charge in [-0.3, -0.25) is 9.59 Å². The molecule has 0 fully saturated rings. The van der Waals surface area contributed by atoms with Crippen LogP contribution >= 0.6 is 11.8 Å². The quantitative estimate of drug-likeness (QED) is 0.768. The molecule has 26 heavy (non-hydrogen) atoms. The number of carbonyl (C=O) groups excluding carboxylic acids is 2. The van der Waals surface area contributed by atoms with Crippen molar-refractivity contribution in [3.8, 4) is 0 Å². The first-order chi connectivity index (χ1) is 12.5. The molecule has 0 spiro atoms. The number of aryl methyl sites for hydroxylation is 1. The summed E-state index contributed by atoms with van der Waals surface area (Å²) in [4.78, 5) is 26.7. The molecule has 0 unspecified atom stereocenters. The molecular weight excluding hydrogens is 346 g/mol. The molecule has 0 saturated carbocycles. The first-order valence-corrected chi connectivity index (χ1v) is 9.67. The first-order valence-electron chi connectivity index (χ1n) is 8.69. The van der Waals surface area contributed by atoms with Crippen molar-refractivity contribution in [2.45, 2.75) is 30.7 Å². The van der Waals surface area contributed by atoms with E-state index in [-0.39, 0.29) is 17.6 Å². The molecular formula is C20H23N3O2S. The Kier molecular flexibility index (Phi) is 5.83. The number of benzene rings is 2. The topological polar surface area (TPSA) is 75.4 Å². The second-order valence-corrected chi connectivity index (χ2v) is 7.46. The zero-order valence-electron chi connectivity index (χ0n) is 14.8. The second kappa shape index (κ2) is 8.27. The van der Waals surface area contributed by atoms with Crippen LogP contribution in [0, 0.1) is 0 Å². The van der Waals surface area contributed by atoms with Crippen LogP contribution in [-0.2, 0) is 16.0 Å². The highest BCUT2D eigenvalue weighted by Gasteiger charge is 2.24. The lowest BCUT2D eigenvalue weighted by Crippen LogP contribution is -2.42. The molecule has 5 nitrogen and oxygen atoms in total. The molecule has 0 radical (unpaired) electrons.